The van der Waals surface area contributed by atoms with Crippen LogP contribution in [0.3, 0.4) is 0 Å². The average molecular weight is 795 g/mol. The number of aryl methyl sites for hydroxylation is 4. The summed E-state index contributed by atoms with van der Waals surface area (Å²) in [7, 11) is 7.12. The number of likely N-dealkylation sites (N-methyl/N-ethyl adjacent to an activating group) is 2. The standard InChI is InChI=1S/2C19H21N3O.C4H6O6.Al.3H/c2*1-13-5-8-15(9-6-13)19-16(11-18(23)21(3)4)22-12-14(2)7-10-17(22)20-19;5-1(3(7)8)2(6)4(9)10;;;;/h2*5-10,12H,11H2,1-4H3;1-2,5-6H,(H,7,8)(H,9,10);;;;. The third-order valence-electron chi connectivity index (χ3n) is 8.82. The van der Waals surface area contributed by atoms with Crippen molar-refractivity contribution in [2.45, 2.75) is 52.7 Å². The summed E-state index contributed by atoms with van der Waals surface area (Å²) in [6, 6.07) is 24.6. The monoisotopic (exact) mass is 794 g/mol. The van der Waals surface area contributed by atoms with Crippen molar-refractivity contribution in [3.63, 3.8) is 0 Å². The van der Waals surface area contributed by atoms with E-state index in [1.165, 1.54) is 11.1 Å². The molecule has 4 aromatic heterocycles. The first-order valence-corrected chi connectivity index (χ1v) is 17.7. The molecule has 0 saturated carbocycles. The van der Waals surface area contributed by atoms with E-state index in [0.717, 1.165) is 56.3 Å². The largest absolute Gasteiger partial charge is 0.479 e. The van der Waals surface area contributed by atoms with Crippen LogP contribution in [0.4, 0.5) is 0 Å². The number of benzene rings is 2. The molecule has 2 amide bonds. The molecule has 14 nitrogen and oxygen atoms in total. The summed E-state index contributed by atoms with van der Waals surface area (Å²) >= 11 is 0. The van der Waals surface area contributed by atoms with Gasteiger partial charge in [0, 0.05) is 51.7 Å². The number of pyridine rings is 2. The van der Waals surface area contributed by atoms with Gasteiger partial charge in [-0.3, -0.25) is 9.59 Å². The number of aliphatic hydroxyl groups is 2. The minimum absolute atomic E-state index is 0. The Morgan fingerprint density at radius 3 is 1.12 bits per heavy atom. The van der Waals surface area contributed by atoms with Crippen molar-refractivity contribution in [3.8, 4) is 22.5 Å². The van der Waals surface area contributed by atoms with E-state index >= 15 is 0 Å². The number of carbonyl (C=O) groups excluding carboxylic acids is 2. The summed E-state index contributed by atoms with van der Waals surface area (Å²) in [6.45, 7) is 8.21. The molecule has 15 heteroatoms. The Balaban J connectivity index is 0.000000245. The summed E-state index contributed by atoms with van der Waals surface area (Å²) in [5.74, 6) is -3.40. The summed E-state index contributed by atoms with van der Waals surface area (Å²) in [4.78, 5) is 56.8. The van der Waals surface area contributed by atoms with Gasteiger partial charge in [0.05, 0.1) is 35.6 Å². The summed E-state index contributed by atoms with van der Waals surface area (Å²) in [5, 5.41) is 32.5. The summed E-state index contributed by atoms with van der Waals surface area (Å²) in [5.41, 5.74) is 12.2. The fourth-order valence-electron chi connectivity index (χ4n) is 5.49. The number of carboxylic acids is 2. The number of amides is 2. The first kappa shape index (κ1) is 45.5. The lowest BCUT2D eigenvalue weighted by atomic mass is 10.1. The van der Waals surface area contributed by atoms with Gasteiger partial charge >= 0.3 is 11.9 Å². The van der Waals surface area contributed by atoms with E-state index in [0.29, 0.717) is 12.8 Å². The van der Waals surface area contributed by atoms with Crippen LogP contribution in [0.15, 0.2) is 85.2 Å². The molecule has 0 aliphatic heterocycles. The molecule has 2 aromatic carbocycles. The van der Waals surface area contributed by atoms with Gasteiger partial charge in [-0.1, -0.05) is 71.8 Å². The third kappa shape index (κ3) is 11.6. The number of aliphatic hydroxyl groups excluding tert-OH is 2. The lowest BCUT2D eigenvalue weighted by Gasteiger charge is -2.11. The van der Waals surface area contributed by atoms with Gasteiger partial charge in [0.15, 0.2) is 29.6 Å². The van der Waals surface area contributed by atoms with Crippen molar-refractivity contribution >= 4 is 52.4 Å². The van der Waals surface area contributed by atoms with E-state index in [4.69, 9.17) is 30.4 Å². The number of aromatic nitrogens is 4. The molecule has 0 fully saturated rings. The number of carbonyl (C=O) groups is 4. The van der Waals surface area contributed by atoms with E-state index in [-0.39, 0.29) is 29.2 Å². The quantitative estimate of drug-likeness (QED) is 0.158. The second-order valence-corrected chi connectivity index (χ2v) is 13.9. The number of rotatable bonds is 9. The van der Waals surface area contributed by atoms with Crippen LogP contribution < -0.4 is 0 Å². The fraction of sp³-hybridized carbons (Fsp3) is 0.286. The van der Waals surface area contributed by atoms with Crippen LogP contribution in [-0.2, 0) is 32.0 Å². The van der Waals surface area contributed by atoms with Crippen molar-refractivity contribution in [2.75, 3.05) is 28.2 Å². The van der Waals surface area contributed by atoms with Crippen LogP contribution in [0.1, 0.15) is 33.6 Å². The van der Waals surface area contributed by atoms with Gasteiger partial charge in [-0.25, -0.2) is 19.6 Å². The predicted octanol–water partition coefficient (Wildman–Crippen LogP) is 3.19. The molecular weight excluding hydrogens is 743 g/mol. The van der Waals surface area contributed by atoms with E-state index in [1.807, 2.05) is 59.3 Å². The second kappa shape index (κ2) is 19.8. The van der Waals surface area contributed by atoms with E-state index in [9.17, 15) is 19.2 Å². The Hall–Kier alpha value is -5.85. The number of hydrogen-bond donors (Lipinski definition) is 4. The zero-order valence-electron chi connectivity index (χ0n) is 32.8. The molecule has 0 aliphatic carbocycles. The van der Waals surface area contributed by atoms with Crippen LogP contribution in [0.2, 0.25) is 0 Å². The van der Waals surface area contributed by atoms with E-state index in [1.54, 1.807) is 38.0 Å². The molecule has 0 radical (unpaired) electrons. The van der Waals surface area contributed by atoms with Crippen molar-refractivity contribution in [1.82, 2.24) is 28.6 Å². The van der Waals surface area contributed by atoms with Gasteiger partial charge in [-0.2, -0.15) is 0 Å². The highest BCUT2D eigenvalue weighted by atomic mass is 27.0. The van der Waals surface area contributed by atoms with E-state index < -0.39 is 24.1 Å². The minimum Gasteiger partial charge on any atom is -0.479 e. The fourth-order valence-corrected chi connectivity index (χ4v) is 5.49. The maximum atomic E-state index is 12.3. The number of fused-ring (bicyclic) bond motifs is 2. The molecule has 0 aliphatic rings. The number of carboxylic acid groups (broad SMARTS) is 2. The molecule has 6 rings (SSSR count). The normalized spacial score (nSPS) is 11.6. The maximum Gasteiger partial charge on any atom is 0.335 e. The molecule has 0 saturated heterocycles. The third-order valence-corrected chi connectivity index (χ3v) is 8.82. The molecule has 4 heterocycles. The van der Waals surface area contributed by atoms with Crippen LogP contribution in [0, 0.1) is 27.7 Å². The molecule has 2 unspecified atom stereocenters. The topological polar surface area (TPSA) is 190 Å². The predicted molar refractivity (Wildman–Crippen MR) is 222 cm³/mol. The number of imidazole rings is 2. The maximum absolute atomic E-state index is 12.3. The van der Waals surface area contributed by atoms with Gasteiger partial charge < -0.3 is 39.0 Å². The van der Waals surface area contributed by atoms with Gasteiger partial charge in [0.25, 0.3) is 0 Å². The number of aliphatic carboxylic acids is 2. The lowest BCUT2D eigenvalue weighted by molar-refractivity contribution is -0.165. The van der Waals surface area contributed by atoms with Crippen molar-refractivity contribution in [2.24, 2.45) is 0 Å². The van der Waals surface area contributed by atoms with Crippen LogP contribution >= 0.6 is 0 Å². The van der Waals surface area contributed by atoms with Crippen molar-refractivity contribution < 1.29 is 39.6 Å². The van der Waals surface area contributed by atoms with Gasteiger partial charge in [-0.15, -0.1) is 0 Å². The molecule has 0 spiro atoms. The Morgan fingerprint density at radius 1 is 0.544 bits per heavy atom. The molecule has 4 N–H and O–H groups in total. The molecule has 6 aromatic rings. The minimum atomic E-state index is -2.27. The zero-order chi connectivity index (χ0) is 41.4. The van der Waals surface area contributed by atoms with Crippen molar-refractivity contribution in [1.29, 1.82) is 0 Å². The average Bonchev–Trinajstić information content (AvgIpc) is 3.69. The highest BCUT2D eigenvalue weighted by molar-refractivity contribution is 5.83. The SMILES string of the molecule is Cc1ccc(-c2nc3ccc(C)cn3c2CC(=O)N(C)C)cc1.Cc1ccc(-c2nc3ccc(C)cn3c2CC(=O)N(C)C)cc1.O=C(O)C(O)C(O)C(=O)O.[AlH3]. The molecule has 57 heavy (non-hydrogen) atoms. The number of nitrogens with zero attached hydrogens (tertiary/aromatic N) is 6. The Morgan fingerprint density at radius 2 is 0.842 bits per heavy atom. The molecule has 2 atom stereocenters. The first-order valence-electron chi connectivity index (χ1n) is 17.7. The zero-order valence-corrected chi connectivity index (χ0v) is 32.8. The lowest BCUT2D eigenvalue weighted by Crippen LogP contribution is -2.39. The Bertz CT molecular complexity index is 2190. The highest BCUT2D eigenvalue weighted by Crippen LogP contribution is 2.27. The second-order valence-electron chi connectivity index (χ2n) is 13.9. The van der Waals surface area contributed by atoms with Gasteiger partial charge in [-0.05, 0) is 51.0 Å². The highest BCUT2D eigenvalue weighted by Gasteiger charge is 2.29. The van der Waals surface area contributed by atoms with E-state index in [2.05, 4.69) is 62.4 Å². The Kier molecular flexibility index (Phi) is 15.8. The first-order chi connectivity index (χ1) is 26.4. The smallest absolute Gasteiger partial charge is 0.335 e. The number of hydrogen-bond acceptors (Lipinski definition) is 8. The summed E-state index contributed by atoms with van der Waals surface area (Å²) < 4.78 is 4.07. The summed E-state index contributed by atoms with van der Waals surface area (Å²) in [6.07, 6.45) is 0.216. The van der Waals surface area contributed by atoms with Crippen LogP contribution in [-0.4, -0.2) is 131 Å². The van der Waals surface area contributed by atoms with Crippen LogP contribution in [0.5, 0.6) is 0 Å². The van der Waals surface area contributed by atoms with Crippen LogP contribution in [0.25, 0.3) is 33.8 Å². The Labute approximate surface area is 341 Å². The van der Waals surface area contributed by atoms with Crippen molar-refractivity contribution in [3.05, 3.63) is 119 Å². The van der Waals surface area contributed by atoms with Gasteiger partial charge in [0.2, 0.25) is 11.8 Å². The molecule has 0 bridgehead atoms. The molecular formula is C42H51AlN6O8. The molecule has 300 valence electrons. The van der Waals surface area contributed by atoms with Gasteiger partial charge in [0.1, 0.15) is 11.3 Å².